The van der Waals surface area contributed by atoms with Gasteiger partial charge in [0.2, 0.25) is 0 Å². The molecule has 1 rings (SSSR count). The molecule has 0 heterocycles. The van der Waals surface area contributed by atoms with Crippen LogP contribution in [-0.4, -0.2) is 38.2 Å². The molecule has 0 amide bonds. The lowest BCUT2D eigenvalue weighted by Gasteiger charge is -2.15. The molecule has 0 aliphatic heterocycles. The normalized spacial score (nSPS) is 10.1. The maximum absolute atomic E-state index is 8.63. The van der Waals surface area contributed by atoms with Crippen LogP contribution in [0, 0.1) is 11.3 Å². The summed E-state index contributed by atoms with van der Waals surface area (Å²) in [5.74, 6) is 0.792. The molecule has 1 aromatic rings. The molecule has 0 aromatic heterocycles. The molecule has 86 valence electrons. The number of hydrogen-bond acceptors (Lipinski definition) is 4. The van der Waals surface area contributed by atoms with Gasteiger partial charge in [-0.3, -0.25) is 0 Å². The van der Waals surface area contributed by atoms with Gasteiger partial charge < -0.3 is 15.4 Å². The third-order valence-electron chi connectivity index (χ3n) is 2.24. The van der Waals surface area contributed by atoms with Crippen LogP contribution in [0.25, 0.3) is 0 Å². The van der Waals surface area contributed by atoms with Gasteiger partial charge in [-0.15, -0.1) is 0 Å². The number of nitrogens with two attached hydrogens (primary N) is 1. The number of hydrogen-bond donors (Lipinski definition) is 1. The third-order valence-corrected chi connectivity index (χ3v) is 2.24. The van der Waals surface area contributed by atoms with E-state index in [0.717, 1.165) is 18.8 Å². The molecule has 0 unspecified atom stereocenters. The van der Waals surface area contributed by atoms with E-state index in [1.54, 1.807) is 12.1 Å². The highest BCUT2D eigenvalue weighted by atomic mass is 16.5. The fourth-order valence-electron chi connectivity index (χ4n) is 1.28. The maximum atomic E-state index is 8.63. The summed E-state index contributed by atoms with van der Waals surface area (Å²) in [6.45, 7) is 3.00. The van der Waals surface area contributed by atoms with Gasteiger partial charge in [-0.05, 0) is 31.3 Å². The van der Waals surface area contributed by atoms with Crippen LogP contribution in [0.5, 0.6) is 5.75 Å². The molecule has 0 atom stereocenters. The van der Waals surface area contributed by atoms with Crippen LogP contribution < -0.4 is 10.5 Å². The molecular weight excluding hydrogens is 202 g/mol. The van der Waals surface area contributed by atoms with Crippen molar-refractivity contribution in [2.45, 2.75) is 0 Å². The molecule has 4 nitrogen and oxygen atoms in total. The van der Waals surface area contributed by atoms with Crippen molar-refractivity contribution in [2.24, 2.45) is 5.73 Å². The van der Waals surface area contributed by atoms with E-state index in [1.165, 1.54) is 0 Å². The highest BCUT2D eigenvalue weighted by molar-refractivity contribution is 5.34. The Bertz CT molecular complexity index is 342. The van der Waals surface area contributed by atoms with E-state index < -0.39 is 0 Å². The number of benzene rings is 1. The van der Waals surface area contributed by atoms with Crippen LogP contribution in [0.1, 0.15) is 5.56 Å². The van der Waals surface area contributed by atoms with Gasteiger partial charge >= 0.3 is 0 Å². The van der Waals surface area contributed by atoms with E-state index in [4.69, 9.17) is 15.7 Å². The van der Waals surface area contributed by atoms with Crippen molar-refractivity contribution in [3.05, 3.63) is 29.8 Å². The SMILES string of the molecule is CN(CCN)CCOc1ccc(C#N)cc1. The Hall–Kier alpha value is -1.57. The summed E-state index contributed by atoms with van der Waals surface area (Å²) in [6, 6.07) is 9.18. The second kappa shape index (κ2) is 6.83. The summed E-state index contributed by atoms with van der Waals surface area (Å²) in [5, 5.41) is 8.63. The number of rotatable bonds is 6. The summed E-state index contributed by atoms with van der Waals surface area (Å²) in [6.07, 6.45) is 0. The fourth-order valence-corrected chi connectivity index (χ4v) is 1.28. The molecule has 0 aliphatic rings. The summed E-state index contributed by atoms with van der Waals surface area (Å²) in [7, 11) is 2.01. The first-order chi connectivity index (χ1) is 7.76. The second-order valence-electron chi connectivity index (χ2n) is 3.58. The van der Waals surface area contributed by atoms with Gasteiger partial charge in [0.05, 0.1) is 11.6 Å². The molecular formula is C12H17N3O. The van der Waals surface area contributed by atoms with E-state index in [2.05, 4.69) is 11.0 Å². The Balaban J connectivity index is 2.29. The lowest BCUT2D eigenvalue weighted by atomic mass is 10.2. The molecule has 16 heavy (non-hydrogen) atoms. The number of ether oxygens (including phenoxy) is 1. The fraction of sp³-hybridized carbons (Fsp3) is 0.417. The predicted octanol–water partition coefficient (Wildman–Crippen LogP) is 0.828. The van der Waals surface area contributed by atoms with Gasteiger partial charge in [0, 0.05) is 19.6 Å². The number of likely N-dealkylation sites (N-methyl/N-ethyl adjacent to an activating group) is 1. The van der Waals surface area contributed by atoms with Gasteiger partial charge in [0.25, 0.3) is 0 Å². The molecule has 0 saturated heterocycles. The first-order valence-corrected chi connectivity index (χ1v) is 5.28. The van der Waals surface area contributed by atoms with Crippen LogP contribution in [0.15, 0.2) is 24.3 Å². The average Bonchev–Trinajstić information content (AvgIpc) is 2.30. The first-order valence-electron chi connectivity index (χ1n) is 5.28. The van der Waals surface area contributed by atoms with Crippen LogP contribution in [-0.2, 0) is 0 Å². The second-order valence-corrected chi connectivity index (χ2v) is 3.58. The van der Waals surface area contributed by atoms with Crippen molar-refractivity contribution < 1.29 is 4.74 Å². The quantitative estimate of drug-likeness (QED) is 0.769. The summed E-state index contributed by atoms with van der Waals surface area (Å²) >= 11 is 0. The molecule has 0 radical (unpaired) electrons. The highest BCUT2D eigenvalue weighted by Gasteiger charge is 1.98. The topological polar surface area (TPSA) is 62.3 Å². The van der Waals surface area contributed by atoms with Crippen LogP contribution in [0.2, 0.25) is 0 Å². The number of nitrogens with zero attached hydrogens (tertiary/aromatic N) is 2. The van der Waals surface area contributed by atoms with Crippen LogP contribution in [0.3, 0.4) is 0 Å². The zero-order chi connectivity index (χ0) is 11.8. The summed E-state index contributed by atoms with van der Waals surface area (Å²) in [5.41, 5.74) is 6.08. The number of nitriles is 1. The standard InChI is InChI=1S/C12H17N3O/c1-15(7-6-13)8-9-16-12-4-2-11(10-14)3-5-12/h2-5H,6-9,13H2,1H3. The smallest absolute Gasteiger partial charge is 0.119 e. The molecule has 0 saturated carbocycles. The van der Waals surface area contributed by atoms with Crippen LogP contribution >= 0.6 is 0 Å². The van der Waals surface area contributed by atoms with Crippen molar-refractivity contribution in [1.82, 2.24) is 4.90 Å². The summed E-state index contributed by atoms with van der Waals surface area (Å²) in [4.78, 5) is 2.11. The predicted molar refractivity (Wildman–Crippen MR) is 63.2 cm³/mol. The zero-order valence-corrected chi connectivity index (χ0v) is 9.52. The van der Waals surface area contributed by atoms with Gasteiger partial charge in [-0.2, -0.15) is 5.26 Å². The molecule has 0 bridgehead atoms. The lowest BCUT2D eigenvalue weighted by molar-refractivity contribution is 0.241. The summed E-state index contributed by atoms with van der Waals surface area (Å²) < 4.78 is 5.53. The Labute approximate surface area is 96.2 Å². The van der Waals surface area contributed by atoms with Crippen molar-refractivity contribution >= 4 is 0 Å². The van der Waals surface area contributed by atoms with Gasteiger partial charge in [-0.25, -0.2) is 0 Å². The van der Waals surface area contributed by atoms with Crippen LogP contribution in [0.4, 0.5) is 0 Å². The minimum atomic E-state index is 0.627. The minimum absolute atomic E-state index is 0.627. The Kier molecular flexibility index (Phi) is 5.34. The van der Waals surface area contributed by atoms with Crippen molar-refractivity contribution in [1.29, 1.82) is 5.26 Å². The van der Waals surface area contributed by atoms with Crippen molar-refractivity contribution in [2.75, 3.05) is 33.3 Å². The van der Waals surface area contributed by atoms with E-state index in [0.29, 0.717) is 18.7 Å². The van der Waals surface area contributed by atoms with Gasteiger partial charge in [-0.1, -0.05) is 0 Å². The lowest BCUT2D eigenvalue weighted by Crippen LogP contribution is -2.29. The van der Waals surface area contributed by atoms with Crippen molar-refractivity contribution in [3.8, 4) is 11.8 Å². The Morgan fingerprint density at radius 1 is 1.31 bits per heavy atom. The monoisotopic (exact) mass is 219 g/mol. The van der Waals surface area contributed by atoms with E-state index in [9.17, 15) is 0 Å². The minimum Gasteiger partial charge on any atom is -0.492 e. The van der Waals surface area contributed by atoms with E-state index in [-0.39, 0.29) is 0 Å². The van der Waals surface area contributed by atoms with Gasteiger partial charge in [0.15, 0.2) is 0 Å². The molecule has 1 aromatic carbocycles. The van der Waals surface area contributed by atoms with Crippen molar-refractivity contribution in [3.63, 3.8) is 0 Å². The molecule has 4 heteroatoms. The first kappa shape index (κ1) is 12.5. The zero-order valence-electron chi connectivity index (χ0n) is 9.52. The molecule has 0 aliphatic carbocycles. The Morgan fingerprint density at radius 2 is 2.00 bits per heavy atom. The molecule has 0 spiro atoms. The Morgan fingerprint density at radius 3 is 2.56 bits per heavy atom. The van der Waals surface area contributed by atoms with Gasteiger partial charge in [0.1, 0.15) is 12.4 Å². The molecule has 0 fully saturated rings. The molecule has 2 N–H and O–H groups in total. The average molecular weight is 219 g/mol. The van der Waals surface area contributed by atoms with E-state index >= 15 is 0 Å². The third kappa shape index (κ3) is 4.30. The van der Waals surface area contributed by atoms with E-state index in [1.807, 2.05) is 19.2 Å². The largest absolute Gasteiger partial charge is 0.492 e. The highest BCUT2D eigenvalue weighted by Crippen LogP contribution is 2.11. The maximum Gasteiger partial charge on any atom is 0.119 e.